The molecule has 0 aliphatic carbocycles. The average Bonchev–Trinajstić information content (AvgIpc) is 3.28. The number of anilines is 3. The highest BCUT2D eigenvalue weighted by Gasteiger charge is 2.35. The van der Waals surface area contributed by atoms with E-state index in [4.69, 9.17) is 4.74 Å². The van der Waals surface area contributed by atoms with E-state index in [0.717, 1.165) is 36.2 Å². The Hall–Kier alpha value is -3.44. The van der Waals surface area contributed by atoms with Crippen molar-refractivity contribution in [3.05, 3.63) is 90.3 Å². The highest BCUT2D eigenvalue weighted by Crippen LogP contribution is 2.43. The molecular weight excluding hydrogens is 432 g/mol. The third-order valence-corrected chi connectivity index (χ3v) is 7.32. The molecule has 0 atom stereocenters. The Kier molecular flexibility index (Phi) is 5.97. The highest BCUT2D eigenvalue weighted by atomic mass is 16.5. The van der Waals surface area contributed by atoms with E-state index < -0.39 is 0 Å². The third kappa shape index (κ3) is 4.48. The minimum Gasteiger partial charge on any atom is -0.457 e. The van der Waals surface area contributed by atoms with E-state index in [9.17, 15) is 0 Å². The molecule has 5 rings (SSSR count). The van der Waals surface area contributed by atoms with Crippen molar-refractivity contribution in [2.45, 2.75) is 39.2 Å². The van der Waals surface area contributed by atoms with Gasteiger partial charge >= 0.3 is 0 Å². The van der Waals surface area contributed by atoms with Crippen molar-refractivity contribution in [2.75, 3.05) is 37.2 Å². The van der Waals surface area contributed by atoms with Gasteiger partial charge in [-0.25, -0.2) is 0 Å². The minimum atomic E-state index is -0.0209. The second-order valence-corrected chi connectivity index (χ2v) is 10.5. The lowest BCUT2D eigenvalue weighted by Crippen LogP contribution is -2.49. The Morgan fingerprint density at radius 1 is 0.800 bits per heavy atom. The topological polar surface area (TPSA) is 22.2 Å². The number of ether oxygens (including phenoxy) is 1. The molecule has 5 nitrogen and oxygen atoms in total. The Balaban J connectivity index is 1.47. The van der Waals surface area contributed by atoms with Crippen molar-refractivity contribution in [1.29, 1.82) is 0 Å². The maximum atomic E-state index is 6.48. The Morgan fingerprint density at radius 2 is 1.57 bits per heavy atom. The zero-order valence-electron chi connectivity index (χ0n) is 21.7. The van der Waals surface area contributed by atoms with Gasteiger partial charge in [-0.1, -0.05) is 38.1 Å². The summed E-state index contributed by atoms with van der Waals surface area (Å²) in [6.07, 6.45) is 4.22. The highest BCUT2D eigenvalue weighted by molar-refractivity contribution is 5.70. The lowest BCUT2D eigenvalue weighted by molar-refractivity contribution is 0.150. The van der Waals surface area contributed by atoms with Crippen molar-refractivity contribution in [2.24, 2.45) is 0 Å². The number of hydrogen-bond donors (Lipinski definition) is 0. The molecule has 5 heteroatoms. The summed E-state index contributed by atoms with van der Waals surface area (Å²) < 4.78 is 6.48. The van der Waals surface area contributed by atoms with Crippen LogP contribution in [0.25, 0.3) is 0 Å². The van der Waals surface area contributed by atoms with Crippen LogP contribution in [0.2, 0.25) is 0 Å². The molecule has 0 saturated carbocycles. The Labute approximate surface area is 209 Å². The fraction of sp³-hybridized carbons (Fsp3) is 0.333. The molecule has 0 N–H and O–H groups in total. The molecule has 0 fully saturated rings. The lowest BCUT2D eigenvalue weighted by Gasteiger charge is -2.47. The van der Waals surface area contributed by atoms with E-state index in [2.05, 4.69) is 134 Å². The Bertz CT molecular complexity index is 1250. The molecular formula is C30H36N4O. The van der Waals surface area contributed by atoms with Crippen LogP contribution in [0.15, 0.2) is 79.1 Å². The molecule has 0 amide bonds. The van der Waals surface area contributed by atoms with Gasteiger partial charge < -0.3 is 19.4 Å². The summed E-state index contributed by atoms with van der Waals surface area (Å²) >= 11 is 0. The maximum absolute atomic E-state index is 6.48. The van der Waals surface area contributed by atoms with Crippen molar-refractivity contribution < 1.29 is 4.74 Å². The van der Waals surface area contributed by atoms with Gasteiger partial charge in [-0.3, -0.25) is 4.90 Å². The standard InChI is InChI=1S/C30H36N4O/c1-22(2)23-16-25(33-15-14-31(5)20-33)19-27(17-23)35-26-11-9-10-24(18-26)34-21-32(6)30(3,4)28-12-7-8-13-29(28)34/h7-19,22H,20-21H2,1-6H3. The van der Waals surface area contributed by atoms with E-state index >= 15 is 0 Å². The summed E-state index contributed by atoms with van der Waals surface area (Å²) in [4.78, 5) is 9.17. The number of rotatable bonds is 5. The second kappa shape index (κ2) is 8.97. The number of benzene rings is 3. The monoisotopic (exact) mass is 468 g/mol. The Morgan fingerprint density at radius 3 is 2.31 bits per heavy atom. The molecule has 35 heavy (non-hydrogen) atoms. The smallest absolute Gasteiger partial charge is 0.129 e. The van der Waals surface area contributed by atoms with Crippen LogP contribution in [0, 0.1) is 0 Å². The van der Waals surface area contributed by atoms with Crippen molar-refractivity contribution in [3.8, 4) is 11.5 Å². The summed E-state index contributed by atoms with van der Waals surface area (Å²) in [6, 6.07) is 23.7. The number of nitrogens with zero attached hydrogens (tertiary/aromatic N) is 4. The molecule has 3 aromatic rings. The van der Waals surface area contributed by atoms with Gasteiger partial charge in [0.2, 0.25) is 0 Å². The zero-order chi connectivity index (χ0) is 24.7. The van der Waals surface area contributed by atoms with Gasteiger partial charge in [-0.2, -0.15) is 0 Å². The van der Waals surface area contributed by atoms with Gasteiger partial charge in [0, 0.05) is 54.2 Å². The molecule has 0 spiro atoms. The molecule has 0 aromatic heterocycles. The van der Waals surface area contributed by atoms with E-state index in [1.165, 1.54) is 16.8 Å². The fourth-order valence-electron chi connectivity index (χ4n) is 4.83. The summed E-state index contributed by atoms with van der Waals surface area (Å²) in [6.45, 7) is 10.7. The fourth-order valence-corrected chi connectivity index (χ4v) is 4.83. The molecule has 0 unspecified atom stereocenters. The van der Waals surface area contributed by atoms with E-state index in [1.807, 2.05) is 6.07 Å². The predicted octanol–water partition coefficient (Wildman–Crippen LogP) is 7.06. The third-order valence-electron chi connectivity index (χ3n) is 7.32. The first-order valence-corrected chi connectivity index (χ1v) is 12.4. The largest absolute Gasteiger partial charge is 0.457 e. The van der Waals surface area contributed by atoms with Crippen LogP contribution < -0.4 is 14.5 Å². The van der Waals surface area contributed by atoms with Gasteiger partial charge in [0.25, 0.3) is 0 Å². The van der Waals surface area contributed by atoms with Crippen molar-refractivity contribution in [1.82, 2.24) is 9.80 Å². The SMILES string of the molecule is CC(C)c1cc(Oc2cccc(N3CN(C)C(C)(C)c4ccccc43)c2)cc(N2C=CN(C)C2)c1. The van der Waals surface area contributed by atoms with Crippen LogP contribution in [0.4, 0.5) is 17.1 Å². The van der Waals surface area contributed by atoms with Crippen LogP contribution in [0.5, 0.6) is 11.5 Å². The first-order chi connectivity index (χ1) is 16.7. The minimum absolute atomic E-state index is 0.0209. The van der Waals surface area contributed by atoms with Gasteiger partial charge in [-0.15, -0.1) is 0 Å². The van der Waals surface area contributed by atoms with E-state index in [1.54, 1.807) is 0 Å². The van der Waals surface area contributed by atoms with Crippen molar-refractivity contribution >= 4 is 17.1 Å². The molecule has 3 aromatic carbocycles. The number of fused-ring (bicyclic) bond motifs is 1. The van der Waals surface area contributed by atoms with E-state index in [0.29, 0.717) is 5.92 Å². The summed E-state index contributed by atoms with van der Waals surface area (Å²) in [5.41, 5.74) is 6.11. The van der Waals surface area contributed by atoms with E-state index in [-0.39, 0.29) is 5.54 Å². The van der Waals surface area contributed by atoms with Crippen molar-refractivity contribution in [3.63, 3.8) is 0 Å². The van der Waals surface area contributed by atoms with Gasteiger partial charge in [0.05, 0.1) is 13.3 Å². The lowest BCUT2D eigenvalue weighted by atomic mass is 9.88. The molecule has 0 radical (unpaired) electrons. The van der Waals surface area contributed by atoms with Crippen LogP contribution in [-0.4, -0.2) is 37.2 Å². The molecule has 2 heterocycles. The maximum Gasteiger partial charge on any atom is 0.129 e. The summed E-state index contributed by atoms with van der Waals surface area (Å²) in [5.74, 6) is 2.12. The van der Waals surface area contributed by atoms with Gasteiger partial charge in [-0.05, 0) is 68.3 Å². The number of para-hydroxylation sites is 1. The van der Waals surface area contributed by atoms with Crippen LogP contribution in [-0.2, 0) is 5.54 Å². The van der Waals surface area contributed by atoms with Crippen LogP contribution in [0.1, 0.15) is 44.7 Å². The van der Waals surface area contributed by atoms with Crippen LogP contribution in [0.3, 0.4) is 0 Å². The first kappa shape index (κ1) is 23.3. The molecule has 0 bridgehead atoms. The van der Waals surface area contributed by atoms with Crippen LogP contribution >= 0.6 is 0 Å². The molecule has 2 aliphatic heterocycles. The molecule has 182 valence electrons. The predicted molar refractivity (Wildman–Crippen MR) is 146 cm³/mol. The normalized spacial score (nSPS) is 17.3. The average molecular weight is 469 g/mol. The number of hydrogen-bond acceptors (Lipinski definition) is 5. The van der Waals surface area contributed by atoms with Gasteiger partial charge in [0.15, 0.2) is 0 Å². The second-order valence-electron chi connectivity index (χ2n) is 10.5. The summed E-state index contributed by atoms with van der Waals surface area (Å²) in [7, 11) is 4.27. The molecule has 2 aliphatic rings. The van der Waals surface area contributed by atoms with Gasteiger partial charge in [0.1, 0.15) is 11.5 Å². The molecule has 0 saturated heterocycles. The quantitative estimate of drug-likeness (QED) is 0.399. The zero-order valence-corrected chi connectivity index (χ0v) is 21.7. The summed E-state index contributed by atoms with van der Waals surface area (Å²) in [5, 5.41) is 0. The first-order valence-electron chi connectivity index (χ1n) is 12.4.